The Kier molecular flexibility index (Phi) is 4.86. The van der Waals surface area contributed by atoms with Gasteiger partial charge in [-0.15, -0.1) is 0 Å². The molecular formula is C11H12BrN5. The number of halogens is 1. The van der Waals surface area contributed by atoms with Crippen molar-refractivity contribution in [2.45, 2.75) is 19.8 Å². The van der Waals surface area contributed by atoms with Gasteiger partial charge in [0.2, 0.25) is 0 Å². The van der Waals surface area contributed by atoms with Crippen LogP contribution in [0.15, 0.2) is 10.7 Å². The monoisotopic (exact) mass is 293 g/mol. The molecule has 5 nitrogen and oxygen atoms in total. The summed E-state index contributed by atoms with van der Waals surface area (Å²) in [6.07, 6.45) is 0. The Labute approximate surface area is 109 Å². The molecule has 0 N–H and O–H groups in total. The zero-order valence-electron chi connectivity index (χ0n) is 9.68. The molecule has 17 heavy (non-hydrogen) atoms. The van der Waals surface area contributed by atoms with E-state index in [0.29, 0.717) is 16.2 Å². The molecule has 0 fully saturated rings. The van der Waals surface area contributed by atoms with Crippen LogP contribution in [0, 0.1) is 22.7 Å². The largest absolute Gasteiger partial charge is 0.330 e. The van der Waals surface area contributed by atoms with Crippen molar-refractivity contribution in [1.29, 1.82) is 10.5 Å². The minimum atomic E-state index is 0.133. The zero-order valence-corrected chi connectivity index (χ0v) is 11.3. The van der Waals surface area contributed by atoms with E-state index in [4.69, 9.17) is 10.5 Å². The average molecular weight is 294 g/mol. The van der Waals surface area contributed by atoms with Gasteiger partial charge in [-0.2, -0.15) is 10.5 Å². The summed E-state index contributed by atoms with van der Waals surface area (Å²) in [6.45, 7) is 4.25. The fourth-order valence-electron chi connectivity index (χ4n) is 1.23. The van der Waals surface area contributed by atoms with E-state index in [-0.39, 0.29) is 19.0 Å². The first-order valence-corrected chi connectivity index (χ1v) is 5.91. The minimum absolute atomic E-state index is 0.133. The van der Waals surface area contributed by atoms with Crippen LogP contribution in [0.2, 0.25) is 0 Å². The molecule has 0 saturated heterocycles. The van der Waals surface area contributed by atoms with E-state index in [9.17, 15) is 0 Å². The van der Waals surface area contributed by atoms with Crippen molar-refractivity contribution >= 4 is 21.7 Å². The summed E-state index contributed by atoms with van der Waals surface area (Å²) < 4.78 is 0.659. The number of hydrogen-bond acceptors (Lipinski definition) is 5. The quantitative estimate of drug-likeness (QED) is 0.628. The molecule has 0 atom stereocenters. The third-order valence-electron chi connectivity index (χ3n) is 2.06. The lowest BCUT2D eigenvalue weighted by Gasteiger charge is -2.18. The minimum Gasteiger partial charge on any atom is -0.330 e. The maximum Gasteiger partial charge on any atom is 0.135 e. The van der Waals surface area contributed by atoms with Crippen molar-refractivity contribution in [2.75, 3.05) is 18.0 Å². The smallest absolute Gasteiger partial charge is 0.135 e. The Morgan fingerprint density at radius 3 is 2.35 bits per heavy atom. The molecule has 1 rings (SSSR count). The third kappa shape index (κ3) is 3.69. The molecule has 0 amide bonds. The third-order valence-corrected chi connectivity index (χ3v) is 2.47. The molecule has 0 unspecified atom stereocenters. The lowest BCUT2D eigenvalue weighted by atomic mass is 10.2. The number of hydrogen-bond donors (Lipinski definition) is 0. The molecule has 0 aliphatic heterocycles. The Morgan fingerprint density at radius 1 is 1.29 bits per heavy atom. The van der Waals surface area contributed by atoms with Crippen LogP contribution in [0.25, 0.3) is 0 Å². The fourth-order valence-corrected chi connectivity index (χ4v) is 1.62. The van der Waals surface area contributed by atoms with Gasteiger partial charge < -0.3 is 4.90 Å². The highest BCUT2D eigenvalue weighted by molar-refractivity contribution is 9.10. The van der Waals surface area contributed by atoms with Crippen molar-refractivity contribution in [1.82, 2.24) is 9.97 Å². The summed E-state index contributed by atoms with van der Waals surface area (Å²) in [5.74, 6) is 1.48. The standard InChI is InChI=1S/C11H12BrN5/c1-8(2)11-15-9(12)7-10(16-11)17(5-3-13)6-4-14/h7-8H,5-6H2,1-2H3. The molecule has 0 radical (unpaired) electrons. The molecule has 1 heterocycles. The van der Waals surface area contributed by atoms with Gasteiger partial charge in [0, 0.05) is 12.0 Å². The van der Waals surface area contributed by atoms with Crippen LogP contribution in [-0.2, 0) is 0 Å². The zero-order chi connectivity index (χ0) is 12.8. The molecule has 0 saturated carbocycles. The number of anilines is 1. The van der Waals surface area contributed by atoms with E-state index in [2.05, 4.69) is 25.9 Å². The average Bonchev–Trinajstić information content (AvgIpc) is 2.28. The van der Waals surface area contributed by atoms with E-state index in [1.54, 1.807) is 11.0 Å². The second-order valence-electron chi connectivity index (χ2n) is 3.73. The van der Waals surface area contributed by atoms with E-state index in [0.717, 1.165) is 0 Å². The maximum absolute atomic E-state index is 8.72. The van der Waals surface area contributed by atoms with Crippen molar-refractivity contribution in [3.8, 4) is 12.1 Å². The number of nitrogens with zero attached hydrogens (tertiary/aromatic N) is 5. The summed E-state index contributed by atoms with van der Waals surface area (Å²) in [6, 6.07) is 5.75. The van der Waals surface area contributed by atoms with Crippen LogP contribution >= 0.6 is 15.9 Å². The fraction of sp³-hybridized carbons (Fsp3) is 0.455. The van der Waals surface area contributed by atoms with Gasteiger partial charge >= 0.3 is 0 Å². The van der Waals surface area contributed by atoms with Gasteiger partial charge in [0.1, 0.15) is 29.3 Å². The van der Waals surface area contributed by atoms with E-state index >= 15 is 0 Å². The highest BCUT2D eigenvalue weighted by atomic mass is 79.9. The van der Waals surface area contributed by atoms with Gasteiger partial charge in [0.25, 0.3) is 0 Å². The number of aromatic nitrogens is 2. The summed E-state index contributed by atoms with van der Waals surface area (Å²) >= 11 is 3.31. The first kappa shape index (κ1) is 13.4. The van der Waals surface area contributed by atoms with Gasteiger partial charge in [-0.25, -0.2) is 9.97 Å². The molecule has 88 valence electrons. The highest BCUT2D eigenvalue weighted by Crippen LogP contribution is 2.20. The van der Waals surface area contributed by atoms with Gasteiger partial charge in [0.15, 0.2) is 0 Å². The number of rotatable bonds is 4. The Bertz CT molecular complexity index is 456. The molecule has 0 aromatic carbocycles. The molecule has 0 spiro atoms. The predicted molar refractivity (Wildman–Crippen MR) is 67.3 cm³/mol. The van der Waals surface area contributed by atoms with Crippen molar-refractivity contribution in [3.05, 3.63) is 16.5 Å². The topological polar surface area (TPSA) is 76.6 Å². The van der Waals surface area contributed by atoms with Gasteiger partial charge in [-0.05, 0) is 15.9 Å². The molecule has 0 aliphatic carbocycles. The first-order valence-electron chi connectivity index (χ1n) is 5.11. The Balaban J connectivity index is 3.11. The van der Waals surface area contributed by atoms with Crippen molar-refractivity contribution in [2.24, 2.45) is 0 Å². The molecule has 0 aliphatic rings. The molecular weight excluding hydrogens is 282 g/mol. The Morgan fingerprint density at radius 2 is 1.88 bits per heavy atom. The van der Waals surface area contributed by atoms with Crippen LogP contribution in [0.4, 0.5) is 5.82 Å². The normalized spacial score (nSPS) is 9.76. The molecule has 6 heteroatoms. The van der Waals surface area contributed by atoms with E-state index < -0.39 is 0 Å². The lowest BCUT2D eigenvalue weighted by molar-refractivity contribution is 0.760. The second-order valence-corrected chi connectivity index (χ2v) is 4.55. The van der Waals surface area contributed by atoms with Crippen LogP contribution in [0.5, 0.6) is 0 Å². The maximum atomic E-state index is 8.72. The number of nitriles is 2. The van der Waals surface area contributed by atoms with Gasteiger partial charge in [-0.3, -0.25) is 0 Å². The van der Waals surface area contributed by atoms with Crippen LogP contribution in [0.1, 0.15) is 25.6 Å². The summed E-state index contributed by atoms with van der Waals surface area (Å²) in [5.41, 5.74) is 0. The summed E-state index contributed by atoms with van der Waals surface area (Å²) in [7, 11) is 0. The Hall–Kier alpha value is -1.66. The van der Waals surface area contributed by atoms with E-state index in [1.165, 1.54) is 0 Å². The highest BCUT2D eigenvalue weighted by Gasteiger charge is 2.12. The van der Waals surface area contributed by atoms with Crippen molar-refractivity contribution < 1.29 is 0 Å². The summed E-state index contributed by atoms with van der Waals surface area (Å²) in [4.78, 5) is 10.2. The van der Waals surface area contributed by atoms with Crippen LogP contribution in [-0.4, -0.2) is 23.1 Å². The van der Waals surface area contributed by atoms with Gasteiger partial charge in [0.05, 0.1) is 12.1 Å². The SMILES string of the molecule is CC(C)c1nc(Br)cc(N(CC#N)CC#N)n1. The second kappa shape index (κ2) is 6.17. The molecule has 0 bridgehead atoms. The predicted octanol–water partition coefficient (Wildman–Crippen LogP) is 2.22. The summed E-state index contributed by atoms with van der Waals surface area (Å²) in [5, 5.41) is 17.4. The molecule has 1 aromatic heterocycles. The van der Waals surface area contributed by atoms with Crippen LogP contribution in [0.3, 0.4) is 0 Å². The van der Waals surface area contributed by atoms with Gasteiger partial charge in [-0.1, -0.05) is 13.8 Å². The van der Waals surface area contributed by atoms with Crippen LogP contribution < -0.4 is 4.90 Å². The molecule has 1 aromatic rings. The first-order chi connectivity index (χ1) is 8.08. The van der Waals surface area contributed by atoms with Crippen molar-refractivity contribution in [3.63, 3.8) is 0 Å². The lowest BCUT2D eigenvalue weighted by Crippen LogP contribution is -2.25. The van der Waals surface area contributed by atoms with E-state index in [1.807, 2.05) is 26.0 Å².